The van der Waals surface area contributed by atoms with Gasteiger partial charge in [-0.05, 0) is 24.3 Å². The highest BCUT2D eigenvalue weighted by molar-refractivity contribution is 5.59. The highest BCUT2D eigenvalue weighted by atomic mass is 15.1. The van der Waals surface area contributed by atoms with Crippen molar-refractivity contribution in [1.82, 2.24) is 25.3 Å². The molecule has 0 atom stereocenters. The van der Waals surface area contributed by atoms with Crippen LogP contribution in [0.15, 0.2) is 48.9 Å². The van der Waals surface area contributed by atoms with Crippen LogP contribution in [0, 0.1) is 0 Å². The fraction of sp³-hybridized carbons (Fsp3) is 0.263. The molecule has 3 aromatic heterocycles. The van der Waals surface area contributed by atoms with Crippen LogP contribution < -0.4 is 10.6 Å². The van der Waals surface area contributed by atoms with Crippen molar-refractivity contribution in [3.05, 3.63) is 65.9 Å². The molecule has 6 heteroatoms. The second-order valence-electron chi connectivity index (χ2n) is 5.98. The minimum atomic E-state index is 0.753. The molecular weight excluding hydrogens is 312 g/mol. The predicted octanol–water partition coefficient (Wildman–Crippen LogP) is 2.23. The molecule has 0 aromatic carbocycles. The SMILES string of the molecule is c1ccc(CCNc2nc(-c3ccncc3)nc3c2CNCC3)nc1. The van der Waals surface area contributed by atoms with Crippen molar-refractivity contribution >= 4 is 5.82 Å². The highest BCUT2D eigenvalue weighted by Gasteiger charge is 2.18. The lowest BCUT2D eigenvalue weighted by molar-refractivity contribution is 0.628. The van der Waals surface area contributed by atoms with Gasteiger partial charge in [-0.15, -0.1) is 0 Å². The van der Waals surface area contributed by atoms with Crippen LogP contribution in [0.3, 0.4) is 0 Å². The fourth-order valence-corrected chi connectivity index (χ4v) is 2.97. The molecule has 25 heavy (non-hydrogen) atoms. The first kappa shape index (κ1) is 15.7. The molecule has 0 bridgehead atoms. The van der Waals surface area contributed by atoms with Crippen molar-refractivity contribution in [2.45, 2.75) is 19.4 Å². The van der Waals surface area contributed by atoms with Crippen LogP contribution in [-0.4, -0.2) is 33.0 Å². The Morgan fingerprint density at radius 1 is 1.04 bits per heavy atom. The molecule has 3 aromatic rings. The molecule has 0 radical (unpaired) electrons. The lowest BCUT2D eigenvalue weighted by atomic mass is 10.1. The summed E-state index contributed by atoms with van der Waals surface area (Å²) in [5, 5.41) is 6.89. The maximum atomic E-state index is 4.78. The summed E-state index contributed by atoms with van der Waals surface area (Å²) in [4.78, 5) is 18.0. The van der Waals surface area contributed by atoms with Crippen LogP contribution in [0.4, 0.5) is 5.82 Å². The van der Waals surface area contributed by atoms with E-state index in [4.69, 9.17) is 9.97 Å². The Hall–Kier alpha value is -2.86. The van der Waals surface area contributed by atoms with Crippen LogP contribution in [0.2, 0.25) is 0 Å². The highest BCUT2D eigenvalue weighted by Crippen LogP contribution is 2.24. The molecule has 0 unspecified atom stereocenters. The van der Waals surface area contributed by atoms with Gasteiger partial charge in [0.1, 0.15) is 5.82 Å². The zero-order valence-electron chi connectivity index (χ0n) is 13.9. The molecule has 4 rings (SSSR count). The first-order chi connectivity index (χ1) is 12.4. The Bertz CT molecular complexity index is 835. The molecule has 0 saturated heterocycles. The van der Waals surface area contributed by atoms with Crippen molar-refractivity contribution < 1.29 is 0 Å². The minimum Gasteiger partial charge on any atom is -0.369 e. The number of aromatic nitrogens is 4. The van der Waals surface area contributed by atoms with Gasteiger partial charge in [-0.2, -0.15) is 0 Å². The van der Waals surface area contributed by atoms with Gasteiger partial charge in [0.05, 0.1) is 5.69 Å². The first-order valence-electron chi connectivity index (χ1n) is 8.55. The van der Waals surface area contributed by atoms with Crippen molar-refractivity contribution in [3.63, 3.8) is 0 Å². The summed E-state index contributed by atoms with van der Waals surface area (Å²) >= 11 is 0. The van der Waals surface area contributed by atoms with E-state index in [-0.39, 0.29) is 0 Å². The summed E-state index contributed by atoms with van der Waals surface area (Å²) < 4.78 is 0. The van der Waals surface area contributed by atoms with E-state index in [1.165, 1.54) is 5.56 Å². The second kappa shape index (κ2) is 7.36. The van der Waals surface area contributed by atoms with Gasteiger partial charge in [-0.25, -0.2) is 9.97 Å². The molecule has 0 fully saturated rings. The average Bonchev–Trinajstić information content (AvgIpc) is 2.69. The topological polar surface area (TPSA) is 75.6 Å². The molecule has 0 spiro atoms. The Morgan fingerprint density at radius 2 is 1.96 bits per heavy atom. The third kappa shape index (κ3) is 3.64. The van der Waals surface area contributed by atoms with Gasteiger partial charge in [-0.3, -0.25) is 9.97 Å². The summed E-state index contributed by atoms with van der Waals surface area (Å²) in [5.74, 6) is 1.67. The molecule has 0 amide bonds. The molecule has 0 saturated carbocycles. The predicted molar refractivity (Wildman–Crippen MR) is 97.1 cm³/mol. The molecule has 0 aliphatic carbocycles. The van der Waals surface area contributed by atoms with E-state index in [1.807, 2.05) is 36.5 Å². The molecule has 1 aliphatic rings. The van der Waals surface area contributed by atoms with Gasteiger partial charge in [0.2, 0.25) is 0 Å². The van der Waals surface area contributed by atoms with Gasteiger partial charge in [0.15, 0.2) is 5.82 Å². The normalized spacial score (nSPS) is 13.3. The van der Waals surface area contributed by atoms with E-state index in [0.29, 0.717) is 0 Å². The third-order valence-electron chi connectivity index (χ3n) is 4.27. The number of fused-ring (bicyclic) bond motifs is 1. The van der Waals surface area contributed by atoms with Gasteiger partial charge >= 0.3 is 0 Å². The van der Waals surface area contributed by atoms with Crippen LogP contribution in [0.5, 0.6) is 0 Å². The number of hydrogen-bond acceptors (Lipinski definition) is 6. The number of anilines is 1. The Morgan fingerprint density at radius 3 is 2.80 bits per heavy atom. The van der Waals surface area contributed by atoms with E-state index in [2.05, 4.69) is 20.6 Å². The van der Waals surface area contributed by atoms with Gasteiger partial charge < -0.3 is 10.6 Å². The standard InChI is InChI=1S/C19H20N6/c1-2-8-22-15(3-1)6-12-23-19-16-13-21-11-7-17(16)24-18(25-19)14-4-9-20-10-5-14/h1-5,8-10,21H,6-7,11-13H2,(H,23,24,25). The lowest BCUT2D eigenvalue weighted by Crippen LogP contribution is -2.27. The summed E-state index contributed by atoms with van der Waals surface area (Å²) in [6, 6.07) is 9.88. The number of pyridine rings is 2. The summed E-state index contributed by atoms with van der Waals surface area (Å²) in [6.45, 7) is 2.54. The second-order valence-corrected chi connectivity index (χ2v) is 5.98. The smallest absolute Gasteiger partial charge is 0.161 e. The van der Waals surface area contributed by atoms with Crippen molar-refractivity contribution in [3.8, 4) is 11.4 Å². The van der Waals surface area contributed by atoms with Gasteiger partial charge in [-0.1, -0.05) is 6.07 Å². The Kier molecular flexibility index (Phi) is 4.61. The Labute approximate surface area is 146 Å². The van der Waals surface area contributed by atoms with Crippen LogP contribution in [-0.2, 0) is 19.4 Å². The van der Waals surface area contributed by atoms with Crippen molar-refractivity contribution in [1.29, 1.82) is 0 Å². The number of rotatable bonds is 5. The van der Waals surface area contributed by atoms with Crippen molar-refractivity contribution in [2.75, 3.05) is 18.4 Å². The third-order valence-corrected chi connectivity index (χ3v) is 4.27. The molecule has 1 aliphatic heterocycles. The Balaban J connectivity index is 1.59. The van der Waals surface area contributed by atoms with Crippen molar-refractivity contribution in [2.24, 2.45) is 0 Å². The van der Waals surface area contributed by atoms with Crippen LogP contribution >= 0.6 is 0 Å². The fourth-order valence-electron chi connectivity index (χ4n) is 2.97. The summed E-state index contributed by atoms with van der Waals surface area (Å²) in [6.07, 6.45) is 7.15. The first-order valence-corrected chi connectivity index (χ1v) is 8.55. The van der Waals surface area contributed by atoms with Crippen LogP contribution in [0.1, 0.15) is 17.0 Å². The van der Waals surface area contributed by atoms with Crippen LogP contribution in [0.25, 0.3) is 11.4 Å². The maximum absolute atomic E-state index is 4.78. The van der Waals surface area contributed by atoms with Gasteiger partial charge in [0.25, 0.3) is 0 Å². The lowest BCUT2D eigenvalue weighted by Gasteiger charge is -2.20. The zero-order valence-corrected chi connectivity index (χ0v) is 13.9. The summed E-state index contributed by atoms with van der Waals surface area (Å²) in [5.41, 5.74) is 4.36. The molecule has 4 heterocycles. The minimum absolute atomic E-state index is 0.753. The number of nitrogens with one attached hydrogen (secondary N) is 2. The zero-order chi connectivity index (χ0) is 16.9. The van der Waals surface area contributed by atoms with E-state index in [0.717, 1.165) is 61.1 Å². The maximum Gasteiger partial charge on any atom is 0.161 e. The molecule has 6 nitrogen and oxygen atoms in total. The summed E-state index contributed by atoms with van der Waals surface area (Å²) in [7, 11) is 0. The number of nitrogens with zero attached hydrogens (tertiary/aromatic N) is 4. The monoisotopic (exact) mass is 332 g/mol. The van der Waals surface area contributed by atoms with E-state index in [9.17, 15) is 0 Å². The molecule has 126 valence electrons. The van der Waals surface area contributed by atoms with E-state index in [1.54, 1.807) is 12.4 Å². The average molecular weight is 332 g/mol. The molecular formula is C19H20N6. The quantitative estimate of drug-likeness (QED) is 0.746. The van der Waals surface area contributed by atoms with E-state index >= 15 is 0 Å². The largest absolute Gasteiger partial charge is 0.369 e. The molecule has 2 N–H and O–H groups in total. The van der Waals surface area contributed by atoms with E-state index < -0.39 is 0 Å². The van der Waals surface area contributed by atoms with Gasteiger partial charge in [0, 0.05) is 67.9 Å². The number of hydrogen-bond donors (Lipinski definition) is 2.